The highest BCUT2D eigenvalue weighted by molar-refractivity contribution is 7.98. The zero-order valence-electron chi connectivity index (χ0n) is 16.7. The van der Waals surface area contributed by atoms with Gasteiger partial charge < -0.3 is 15.0 Å². The third-order valence-corrected chi connectivity index (χ3v) is 5.72. The lowest BCUT2D eigenvalue weighted by Gasteiger charge is -2.25. The first kappa shape index (κ1) is 24.7. The Balaban J connectivity index is 1.97. The summed E-state index contributed by atoms with van der Waals surface area (Å²) in [5, 5.41) is 4.10. The van der Waals surface area contributed by atoms with Gasteiger partial charge in [-0.25, -0.2) is 0 Å². The highest BCUT2D eigenvalue weighted by Crippen LogP contribution is 2.21. The molecule has 2 rings (SSSR count). The molecule has 0 spiro atoms. The van der Waals surface area contributed by atoms with Gasteiger partial charge in [0, 0.05) is 17.1 Å². The number of nitrogens with zero attached hydrogens (tertiary/aromatic N) is 1. The standard InChI is InChI=1S/C21H23Cl3N2O3S/c1-26(10-11-29-16-6-3-14(22)4-7-16)21(28)19(9-12-30-2)25-20(27)17-8-5-15(23)13-18(17)24/h3-8,13,19H,9-12H2,1-2H3,(H,25,27). The van der Waals surface area contributed by atoms with E-state index in [1.165, 1.54) is 6.07 Å². The summed E-state index contributed by atoms with van der Waals surface area (Å²) in [6.07, 6.45) is 2.45. The third-order valence-electron chi connectivity index (χ3n) is 4.28. The van der Waals surface area contributed by atoms with Crippen LogP contribution in [0.15, 0.2) is 42.5 Å². The average molecular weight is 490 g/mol. The number of carbonyl (C=O) groups excluding carboxylic acids is 2. The summed E-state index contributed by atoms with van der Waals surface area (Å²) < 4.78 is 5.65. The highest BCUT2D eigenvalue weighted by atomic mass is 35.5. The summed E-state index contributed by atoms with van der Waals surface area (Å²) in [4.78, 5) is 27.1. The molecule has 2 aromatic carbocycles. The van der Waals surface area contributed by atoms with Crippen LogP contribution in [0.4, 0.5) is 0 Å². The van der Waals surface area contributed by atoms with Crippen LogP contribution in [0, 0.1) is 0 Å². The van der Waals surface area contributed by atoms with E-state index < -0.39 is 11.9 Å². The van der Waals surface area contributed by atoms with E-state index >= 15 is 0 Å². The normalized spacial score (nSPS) is 11.6. The summed E-state index contributed by atoms with van der Waals surface area (Å²) in [6.45, 7) is 0.685. The number of benzene rings is 2. The first-order chi connectivity index (χ1) is 14.3. The van der Waals surface area contributed by atoms with E-state index in [9.17, 15) is 9.59 Å². The van der Waals surface area contributed by atoms with Crippen molar-refractivity contribution in [3.05, 3.63) is 63.1 Å². The number of hydrogen-bond donors (Lipinski definition) is 1. The highest BCUT2D eigenvalue weighted by Gasteiger charge is 2.25. The van der Waals surface area contributed by atoms with Gasteiger partial charge >= 0.3 is 0 Å². The summed E-state index contributed by atoms with van der Waals surface area (Å²) in [7, 11) is 1.68. The maximum atomic E-state index is 12.9. The second-order valence-electron chi connectivity index (χ2n) is 6.49. The van der Waals surface area contributed by atoms with Crippen molar-refractivity contribution in [3.8, 4) is 5.75 Å². The van der Waals surface area contributed by atoms with Crippen molar-refractivity contribution in [1.82, 2.24) is 10.2 Å². The van der Waals surface area contributed by atoms with E-state index in [0.717, 1.165) is 5.75 Å². The van der Waals surface area contributed by atoms with Gasteiger partial charge in [0.05, 0.1) is 17.1 Å². The van der Waals surface area contributed by atoms with E-state index in [2.05, 4.69) is 5.32 Å². The molecule has 0 fully saturated rings. The van der Waals surface area contributed by atoms with Crippen LogP contribution in [-0.4, -0.2) is 55.0 Å². The Kier molecular flexibility index (Phi) is 10.1. The van der Waals surface area contributed by atoms with Crippen LogP contribution < -0.4 is 10.1 Å². The number of likely N-dealkylation sites (N-methyl/N-ethyl adjacent to an activating group) is 1. The Hall–Kier alpha value is -1.60. The number of halogens is 3. The molecule has 0 saturated heterocycles. The fourth-order valence-electron chi connectivity index (χ4n) is 2.61. The fraction of sp³-hybridized carbons (Fsp3) is 0.333. The maximum Gasteiger partial charge on any atom is 0.253 e. The van der Waals surface area contributed by atoms with Crippen LogP contribution in [0.25, 0.3) is 0 Å². The van der Waals surface area contributed by atoms with Crippen LogP contribution in [-0.2, 0) is 4.79 Å². The Bertz CT molecular complexity index is 865. The average Bonchev–Trinajstić information content (AvgIpc) is 2.71. The largest absolute Gasteiger partial charge is 0.492 e. The summed E-state index contributed by atoms with van der Waals surface area (Å²) in [5.41, 5.74) is 0.275. The first-order valence-electron chi connectivity index (χ1n) is 9.20. The molecule has 0 saturated carbocycles. The van der Waals surface area contributed by atoms with Gasteiger partial charge in [0.15, 0.2) is 0 Å². The van der Waals surface area contributed by atoms with Gasteiger partial charge in [-0.15, -0.1) is 0 Å². The summed E-state index contributed by atoms with van der Waals surface area (Å²) >= 11 is 19.5. The van der Waals surface area contributed by atoms with Gasteiger partial charge in [0.2, 0.25) is 5.91 Å². The summed E-state index contributed by atoms with van der Waals surface area (Å²) in [5.74, 6) is 0.786. The number of thioether (sulfide) groups is 1. The molecule has 1 unspecified atom stereocenters. The van der Waals surface area contributed by atoms with E-state index in [0.29, 0.717) is 35.4 Å². The molecule has 2 aromatic rings. The lowest BCUT2D eigenvalue weighted by atomic mass is 10.1. The molecule has 1 atom stereocenters. The van der Waals surface area contributed by atoms with Gasteiger partial charge in [0.25, 0.3) is 5.91 Å². The van der Waals surface area contributed by atoms with Crippen LogP contribution in [0.1, 0.15) is 16.8 Å². The molecule has 0 heterocycles. The molecule has 9 heteroatoms. The number of amides is 2. The number of nitrogens with one attached hydrogen (secondary N) is 1. The fourth-order valence-corrected chi connectivity index (χ4v) is 3.70. The lowest BCUT2D eigenvalue weighted by molar-refractivity contribution is -0.132. The molecule has 0 aromatic heterocycles. The minimum atomic E-state index is -0.669. The molecule has 0 aliphatic carbocycles. The first-order valence-corrected chi connectivity index (χ1v) is 11.7. The SMILES string of the molecule is CSCCC(NC(=O)c1ccc(Cl)cc1Cl)C(=O)N(C)CCOc1ccc(Cl)cc1. The lowest BCUT2D eigenvalue weighted by Crippen LogP contribution is -2.48. The molecule has 1 N–H and O–H groups in total. The Morgan fingerprint density at radius 2 is 1.77 bits per heavy atom. The second kappa shape index (κ2) is 12.3. The zero-order valence-corrected chi connectivity index (χ0v) is 19.7. The Morgan fingerprint density at radius 1 is 1.10 bits per heavy atom. The predicted molar refractivity (Wildman–Crippen MR) is 125 cm³/mol. The van der Waals surface area contributed by atoms with Crippen LogP contribution in [0.3, 0.4) is 0 Å². The molecule has 30 heavy (non-hydrogen) atoms. The monoisotopic (exact) mass is 488 g/mol. The van der Waals surface area contributed by atoms with Crippen molar-refractivity contribution in [2.75, 3.05) is 32.2 Å². The third kappa shape index (κ3) is 7.58. The van der Waals surface area contributed by atoms with Gasteiger partial charge in [0.1, 0.15) is 18.4 Å². The number of hydrogen-bond acceptors (Lipinski definition) is 4. The Labute approximate surface area is 196 Å². The molecule has 162 valence electrons. The van der Waals surface area contributed by atoms with Crippen molar-refractivity contribution in [2.45, 2.75) is 12.5 Å². The molecule has 0 radical (unpaired) electrons. The number of rotatable bonds is 10. The van der Waals surface area contributed by atoms with Crippen molar-refractivity contribution in [2.24, 2.45) is 0 Å². The molecular formula is C21H23Cl3N2O3S. The van der Waals surface area contributed by atoms with Gasteiger partial charge in [-0.2, -0.15) is 11.8 Å². The van der Waals surface area contributed by atoms with Crippen LogP contribution >= 0.6 is 46.6 Å². The predicted octanol–water partition coefficient (Wildman–Crippen LogP) is 5.04. The quantitative estimate of drug-likeness (QED) is 0.508. The smallest absolute Gasteiger partial charge is 0.253 e. The molecule has 2 amide bonds. The van der Waals surface area contributed by atoms with Gasteiger partial charge in [-0.05, 0) is 60.9 Å². The van der Waals surface area contributed by atoms with E-state index in [-0.39, 0.29) is 16.5 Å². The minimum absolute atomic E-state index is 0.192. The van der Waals surface area contributed by atoms with E-state index in [4.69, 9.17) is 39.5 Å². The van der Waals surface area contributed by atoms with Crippen molar-refractivity contribution >= 4 is 58.4 Å². The van der Waals surface area contributed by atoms with Crippen LogP contribution in [0.2, 0.25) is 15.1 Å². The van der Waals surface area contributed by atoms with Crippen LogP contribution in [0.5, 0.6) is 5.75 Å². The van der Waals surface area contributed by atoms with Crippen molar-refractivity contribution in [1.29, 1.82) is 0 Å². The summed E-state index contributed by atoms with van der Waals surface area (Å²) in [6, 6.07) is 11.0. The molecular weight excluding hydrogens is 467 g/mol. The van der Waals surface area contributed by atoms with Crippen molar-refractivity contribution < 1.29 is 14.3 Å². The second-order valence-corrected chi connectivity index (χ2v) is 8.76. The van der Waals surface area contributed by atoms with Gasteiger partial charge in [-0.1, -0.05) is 34.8 Å². The molecule has 0 aliphatic heterocycles. The molecule has 5 nitrogen and oxygen atoms in total. The maximum absolute atomic E-state index is 12.9. The minimum Gasteiger partial charge on any atom is -0.492 e. The molecule has 0 aliphatic rings. The zero-order chi connectivity index (χ0) is 22.1. The van der Waals surface area contributed by atoms with E-state index in [1.807, 2.05) is 6.26 Å². The topological polar surface area (TPSA) is 58.6 Å². The van der Waals surface area contributed by atoms with Gasteiger partial charge in [-0.3, -0.25) is 9.59 Å². The molecule has 0 bridgehead atoms. The van der Waals surface area contributed by atoms with Crippen molar-refractivity contribution in [3.63, 3.8) is 0 Å². The Morgan fingerprint density at radius 3 is 2.40 bits per heavy atom. The number of ether oxygens (including phenoxy) is 1. The number of carbonyl (C=O) groups is 2. The van der Waals surface area contributed by atoms with E-state index in [1.54, 1.807) is 60.1 Å².